The lowest BCUT2D eigenvalue weighted by Crippen LogP contribution is -2.31. The van der Waals surface area contributed by atoms with Crippen LogP contribution in [0.3, 0.4) is 0 Å². The number of primary amides is 1. The topological polar surface area (TPSA) is 99.2 Å². The summed E-state index contributed by atoms with van der Waals surface area (Å²) in [5.41, 5.74) is 6.79. The highest BCUT2D eigenvalue weighted by molar-refractivity contribution is 5.97. The first kappa shape index (κ1) is 18.2. The number of nitrogens with two attached hydrogens (primary N) is 1. The summed E-state index contributed by atoms with van der Waals surface area (Å²) >= 11 is 0. The third-order valence-corrected chi connectivity index (χ3v) is 4.27. The monoisotopic (exact) mass is 364 g/mol. The standard InChI is InChI=1S/C20H20N4O3/c1-24-12-11-22-19(24)17(15-5-3-4-6-16(15)27-2)23-20(26)14-9-7-13(8-10-14)18(21)25/h3-12,17H,1-2H3,(H2,21,25)(H,23,26). The lowest BCUT2D eigenvalue weighted by molar-refractivity contribution is 0.0938. The number of imidazole rings is 1. The lowest BCUT2D eigenvalue weighted by atomic mass is 10.0. The van der Waals surface area contributed by atoms with E-state index in [2.05, 4.69) is 10.3 Å². The summed E-state index contributed by atoms with van der Waals surface area (Å²) in [6.45, 7) is 0. The number of nitrogens with zero attached hydrogens (tertiary/aromatic N) is 2. The Balaban J connectivity index is 1.95. The quantitative estimate of drug-likeness (QED) is 0.699. The van der Waals surface area contributed by atoms with Crippen LogP contribution in [0.15, 0.2) is 60.9 Å². The Morgan fingerprint density at radius 3 is 2.37 bits per heavy atom. The molecule has 2 aromatic carbocycles. The second kappa shape index (κ2) is 7.74. The number of methoxy groups -OCH3 is 1. The van der Waals surface area contributed by atoms with Gasteiger partial charge >= 0.3 is 0 Å². The number of rotatable bonds is 6. The first-order valence-electron chi connectivity index (χ1n) is 8.32. The number of carbonyl (C=O) groups is 2. The van der Waals surface area contributed by atoms with E-state index < -0.39 is 11.9 Å². The predicted molar refractivity (Wildman–Crippen MR) is 100 cm³/mol. The number of hydrogen-bond donors (Lipinski definition) is 2. The molecule has 2 amide bonds. The van der Waals surface area contributed by atoms with Gasteiger partial charge in [-0.1, -0.05) is 18.2 Å². The Hall–Kier alpha value is -3.61. The molecule has 0 spiro atoms. The molecule has 0 saturated heterocycles. The molecule has 7 heteroatoms. The molecular formula is C20H20N4O3. The van der Waals surface area contributed by atoms with Crippen LogP contribution >= 0.6 is 0 Å². The number of benzene rings is 2. The Morgan fingerprint density at radius 2 is 1.78 bits per heavy atom. The van der Waals surface area contributed by atoms with Crippen LogP contribution in [0, 0.1) is 0 Å². The van der Waals surface area contributed by atoms with Gasteiger partial charge in [0.25, 0.3) is 5.91 Å². The molecule has 3 N–H and O–H groups in total. The van der Waals surface area contributed by atoms with Gasteiger partial charge in [-0.2, -0.15) is 0 Å². The molecule has 7 nitrogen and oxygen atoms in total. The van der Waals surface area contributed by atoms with Crippen molar-refractivity contribution >= 4 is 11.8 Å². The molecule has 1 heterocycles. The molecule has 138 valence electrons. The van der Waals surface area contributed by atoms with Crippen LogP contribution in [-0.4, -0.2) is 28.5 Å². The van der Waals surface area contributed by atoms with Gasteiger partial charge in [-0.3, -0.25) is 9.59 Å². The third-order valence-electron chi connectivity index (χ3n) is 4.27. The van der Waals surface area contributed by atoms with E-state index >= 15 is 0 Å². The summed E-state index contributed by atoms with van der Waals surface area (Å²) < 4.78 is 7.29. The number of aryl methyl sites for hydroxylation is 1. The minimum Gasteiger partial charge on any atom is -0.496 e. The van der Waals surface area contributed by atoms with Crippen molar-refractivity contribution in [1.29, 1.82) is 0 Å². The number of ether oxygens (including phenoxy) is 1. The highest BCUT2D eigenvalue weighted by Gasteiger charge is 2.24. The van der Waals surface area contributed by atoms with Gasteiger partial charge in [0.05, 0.1) is 7.11 Å². The lowest BCUT2D eigenvalue weighted by Gasteiger charge is -2.21. The van der Waals surface area contributed by atoms with Gasteiger partial charge < -0.3 is 20.4 Å². The Kier molecular flexibility index (Phi) is 5.21. The number of amides is 2. The van der Waals surface area contributed by atoms with Gasteiger partial charge in [-0.05, 0) is 30.3 Å². The van der Waals surface area contributed by atoms with Crippen LogP contribution < -0.4 is 15.8 Å². The van der Waals surface area contributed by atoms with Crippen molar-refractivity contribution in [3.05, 3.63) is 83.4 Å². The van der Waals surface area contributed by atoms with E-state index in [0.717, 1.165) is 5.56 Å². The maximum atomic E-state index is 12.8. The molecule has 0 aliphatic carbocycles. The Morgan fingerprint density at radius 1 is 1.11 bits per heavy atom. The summed E-state index contributed by atoms with van der Waals surface area (Å²) in [7, 11) is 3.44. The largest absolute Gasteiger partial charge is 0.496 e. The highest BCUT2D eigenvalue weighted by atomic mass is 16.5. The molecule has 0 aliphatic rings. The molecule has 0 radical (unpaired) electrons. The number of para-hydroxylation sites is 1. The second-order valence-corrected chi connectivity index (χ2v) is 5.99. The van der Waals surface area contributed by atoms with E-state index in [1.807, 2.05) is 42.1 Å². The van der Waals surface area contributed by atoms with Gasteiger partial charge in [0.15, 0.2) is 0 Å². The molecule has 0 aliphatic heterocycles. The maximum absolute atomic E-state index is 12.8. The van der Waals surface area contributed by atoms with Gasteiger partial charge in [0.1, 0.15) is 17.6 Å². The molecule has 27 heavy (non-hydrogen) atoms. The van der Waals surface area contributed by atoms with Crippen molar-refractivity contribution in [3.8, 4) is 5.75 Å². The number of hydrogen-bond acceptors (Lipinski definition) is 4. The van der Waals surface area contributed by atoms with Crippen LogP contribution in [0.25, 0.3) is 0 Å². The van der Waals surface area contributed by atoms with Gasteiger partial charge in [0, 0.05) is 36.1 Å². The van der Waals surface area contributed by atoms with E-state index in [4.69, 9.17) is 10.5 Å². The van der Waals surface area contributed by atoms with E-state index in [9.17, 15) is 9.59 Å². The van der Waals surface area contributed by atoms with Crippen LogP contribution in [0.4, 0.5) is 0 Å². The number of aromatic nitrogens is 2. The summed E-state index contributed by atoms with van der Waals surface area (Å²) in [4.78, 5) is 28.4. The van der Waals surface area contributed by atoms with Gasteiger partial charge in [-0.15, -0.1) is 0 Å². The van der Waals surface area contributed by atoms with E-state index in [0.29, 0.717) is 22.7 Å². The van der Waals surface area contributed by atoms with Crippen LogP contribution in [0.1, 0.15) is 38.1 Å². The SMILES string of the molecule is COc1ccccc1C(NC(=O)c1ccc(C(N)=O)cc1)c1nccn1C. The minimum absolute atomic E-state index is 0.301. The fourth-order valence-corrected chi connectivity index (χ4v) is 2.84. The molecule has 3 rings (SSSR count). The van der Waals surface area contributed by atoms with Crippen LogP contribution in [0.5, 0.6) is 5.75 Å². The molecule has 1 unspecified atom stereocenters. The first-order valence-corrected chi connectivity index (χ1v) is 8.32. The van der Waals surface area contributed by atoms with Crippen molar-refractivity contribution in [3.63, 3.8) is 0 Å². The highest BCUT2D eigenvalue weighted by Crippen LogP contribution is 2.29. The molecule has 1 atom stereocenters. The van der Waals surface area contributed by atoms with E-state index in [-0.39, 0.29) is 5.91 Å². The zero-order valence-corrected chi connectivity index (χ0v) is 15.0. The molecular weight excluding hydrogens is 344 g/mol. The average molecular weight is 364 g/mol. The van der Waals surface area contributed by atoms with Crippen LogP contribution in [-0.2, 0) is 7.05 Å². The minimum atomic E-state index is -0.540. The predicted octanol–water partition coefficient (Wildman–Crippen LogP) is 2.05. The van der Waals surface area contributed by atoms with E-state index in [1.54, 1.807) is 25.4 Å². The summed E-state index contributed by atoms with van der Waals surface area (Å²) in [6, 6.07) is 13.1. The van der Waals surface area contributed by atoms with Gasteiger partial charge in [-0.25, -0.2) is 4.98 Å². The van der Waals surface area contributed by atoms with Crippen molar-refractivity contribution in [1.82, 2.24) is 14.9 Å². The van der Waals surface area contributed by atoms with Crippen molar-refractivity contribution in [2.75, 3.05) is 7.11 Å². The first-order chi connectivity index (χ1) is 13.0. The fourth-order valence-electron chi connectivity index (χ4n) is 2.84. The average Bonchev–Trinajstić information content (AvgIpc) is 3.11. The maximum Gasteiger partial charge on any atom is 0.252 e. The number of nitrogens with one attached hydrogen (secondary N) is 1. The van der Waals surface area contributed by atoms with Crippen molar-refractivity contribution in [2.24, 2.45) is 12.8 Å². The normalized spacial score (nSPS) is 11.6. The number of carbonyl (C=O) groups excluding carboxylic acids is 2. The fraction of sp³-hybridized carbons (Fsp3) is 0.150. The summed E-state index contributed by atoms with van der Waals surface area (Å²) in [5.74, 6) is 0.475. The smallest absolute Gasteiger partial charge is 0.252 e. The van der Waals surface area contributed by atoms with E-state index in [1.165, 1.54) is 12.1 Å². The zero-order chi connectivity index (χ0) is 19.4. The molecule has 0 fully saturated rings. The molecule has 3 aromatic rings. The second-order valence-electron chi connectivity index (χ2n) is 5.99. The molecule has 0 bridgehead atoms. The Labute approximate surface area is 156 Å². The zero-order valence-electron chi connectivity index (χ0n) is 15.0. The summed E-state index contributed by atoms with van der Waals surface area (Å²) in [6.07, 6.45) is 3.48. The van der Waals surface area contributed by atoms with Gasteiger partial charge in [0.2, 0.25) is 5.91 Å². The van der Waals surface area contributed by atoms with Crippen molar-refractivity contribution < 1.29 is 14.3 Å². The van der Waals surface area contributed by atoms with Crippen molar-refractivity contribution in [2.45, 2.75) is 6.04 Å². The summed E-state index contributed by atoms with van der Waals surface area (Å²) in [5, 5.41) is 3.00. The Bertz CT molecular complexity index is 963. The molecule has 1 aromatic heterocycles. The third kappa shape index (κ3) is 3.82. The van der Waals surface area contributed by atoms with Crippen LogP contribution in [0.2, 0.25) is 0 Å². The molecule has 0 saturated carbocycles.